The number of methoxy groups -OCH3 is 1. The molecule has 2 heterocycles. The summed E-state index contributed by atoms with van der Waals surface area (Å²) in [6, 6.07) is 8.33. The lowest BCUT2D eigenvalue weighted by atomic mass is 9.88. The van der Waals surface area contributed by atoms with E-state index in [1.807, 2.05) is 17.0 Å². The van der Waals surface area contributed by atoms with E-state index in [-0.39, 0.29) is 5.92 Å². The number of ether oxygens (including phenoxy) is 2. The summed E-state index contributed by atoms with van der Waals surface area (Å²) < 4.78 is 11.6. The SMILES string of the molecule is COc1cc(-c2cccs2)cc2c1OCCN(C(=O)C1CCCCC1)C2. The van der Waals surface area contributed by atoms with Crippen molar-refractivity contribution < 1.29 is 14.3 Å². The van der Waals surface area contributed by atoms with E-state index in [0.717, 1.165) is 35.5 Å². The molecule has 1 aliphatic heterocycles. The van der Waals surface area contributed by atoms with Crippen LogP contribution in [-0.4, -0.2) is 31.1 Å². The van der Waals surface area contributed by atoms with Crippen LogP contribution in [0, 0.1) is 5.92 Å². The average Bonchev–Trinajstić information content (AvgIpc) is 3.14. The molecule has 0 unspecified atom stereocenters. The maximum atomic E-state index is 13.0. The highest BCUT2D eigenvalue weighted by atomic mass is 32.1. The number of hydrogen-bond acceptors (Lipinski definition) is 4. The number of hydrogen-bond donors (Lipinski definition) is 0. The Hall–Kier alpha value is -2.01. The Labute approximate surface area is 158 Å². The molecule has 0 saturated heterocycles. The molecule has 5 heteroatoms. The van der Waals surface area contributed by atoms with Gasteiger partial charge in [-0.1, -0.05) is 25.3 Å². The van der Waals surface area contributed by atoms with Gasteiger partial charge in [0.1, 0.15) is 6.61 Å². The second-order valence-corrected chi connectivity index (χ2v) is 8.03. The summed E-state index contributed by atoms with van der Waals surface area (Å²) in [6.07, 6.45) is 5.67. The monoisotopic (exact) mass is 371 g/mol. The van der Waals surface area contributed by atoms with Crippen LogP contribution in [0.5, 0.6) is 11.5 Å². The quantitative estimate of drug-likeness (QED) is 0.783. The number of fused-ring (bicyclic) bond motifs is 1. The molecular weight excluding hydrogens is 346 g/mol. The molecule has 4 rings (SSSR count). The van der Waals surface area contributed by atoms with Crippen molar-refractivity contribution in [1.29, 1.82) is 0 Å². The molecule has 1 aliphatic carbocycles. The van der Waals surface area contributed by atoms with E-state index in [9.17, 15) is 4.79 Å². The Morgan fingerprint density at radius 1 is 1.27 bits per heavy atom. The molecule has 2 aliphatic rings. The summed E-state index contributed by atoms with van der Waals surface area (Å²) in [5.41, 5.74) is 2.15. The molecule has 0 radical (unpaired) electrons. The predicted octanol–water partition coefficient (Wildman–Crippen LogP) is 4.73. The molecule has 1 aromatic carbocycles. The van der Waals surface area contributed by atoms with Gasteiger partial charge in [0, 0.05) is 22.9 Å². The third-order valence-corrected chi connectivity index (χ3v) is 6.31. The van der Waals surface area contributed by atoms with Gasteiger partial charge in [-0.05, 0) is 42.0 Å². The first-order valence-electron chi connectivity index (χ1n) is 9.42. The van der Waals surface area contributed by atoms with Gasteiger partial charge < -0.3 is 14.4 Å². The van der Waals surface area contributed by atoms with Crippen LogP contribution >= 0.6 is 11.3 Å². The van der Waals surface area contributed by atoms with Crippen molar-refractivity contribution in [3.63, 3.8) is 0 Å². The molecule has 1 saturated carbocycles. The van der Waals surface area contributed by atoms with Gasteiger partial charge in [0.15, 0.2) is 11.5 Å². The second kappa shape index (κ2) is 7.70. The first-order chi connectivity index (χ1) is 12.8. The summed E-state index contributed by atoms with van der Waals surface area (Å²) in [6.45, 7) is 1.75. The zero-order chi connectivity index (χ0) is 17.9. The minimum absolute atomic E-state index is 0.188. The molecule has 1 fully saturated rings. The van der Waals surface area contributed by atoms with Crippen LogP contribution in [-0.2, 0) is 11.3 Å². The van der Waals surface area contributed by atoms with Gasteiger partial charge in [-0.15, -0.1) is 11.3 Å². The average molecular weight is 372 g/mol. The first kappa shape index (κ1) is 17.4. The van der Waals surface area contributed by atoms with Crippen LogP contribution in [0.25, 0.3) is 10.4 Å². The molecular formula is C21H25NO3S. The third-order valence-electron chi connectivity index (χ3n) is 5.39. The maximum absolute atomic E-state index is 13.0. The zero-order valence-electron chi connectivity index (χ0n) is 15.2. The Bertz CT molecular complexity index is 766. The van der Waals surface area contributed by atoms with Crippen molar-refractivity contribution >= 4 is 17.2 Å². The highest BCUT2D eigenvalue weighted by Gasteiger charge is 2.29. The van der Waals surface area contributed by atoms with Crippen LogP contribution in [0.2, 0.25) is 0 Å². The molecule has 2 aromatic rings. The highest BCUT2D eigenvalue weighted by molar-refractivity contribution is 7.13. The summed E-state index contributed by atoms with van der Waals surface area (Å²) in [5.74, 6) is 2.01. The number of nitrogens with zero attached hydrogens (tertiary/aromatic N) is 1. The number of rotatable bonds is 3. The van der Waals surface area contributed by atoms with Crippen molar-refractivity contribution in [1.82, 2.24) is 4.90 Å². The fraction of sp³-hybridized carbons (Fsp3) is 0.476. The molecule has 0 N–H and O–H groups in total. The van der Waals surface area contributed by atoms with E-state index in [2.05, 4.69) is 17.5 Å². The fourth-order valence-corrected chi connectivity index (χ4v) is 4.73. The van der Waals surface area contributed by atoms with Gasteiger partial charge in [-0.25, -0.2) is 0 Å². The van der Waals surface area contributed by atoms with Crippen molar-refractivity contribution in [2.45, 2.75) is 38.6 Å². The molecule has 0 bridgehead atoms. The molecule has 1 amide bonds. The van der Waals surface area contributed by atoms with Gasteiger partial charge in [0.2, 0.25) is 5.91 Å². The topological polar surface area (TPSA) is 38.8 Å². The van der Waals surface area contributed by atoms with E-state index < -0.39 is 0 Å². The van der Waals surface area contributed by atoms with E-state index in [0.29, 0.717) is 25.6 Å². The van der Waals surface area contributed by atoms with Crippen molar-refractivity contribution in [2.75, 3.05) is 20.3 Å². The number of amides is 1. The Morgan fingerprint density at radius 3 is 2.85 bits per heavy atom. The van der Waals surface area contributed by atoms with E-state index in [1.165, 1.54) is 24.1 Å². The van der Waals surface area contributed by atoms with Gasteiger partial charge in [-0.3, -0.25) is 4.79 Å². The Balaban J connectivity index is 1.64. The lowest BCUT2D eigenvalue weighted by molar-refractivity contribution is -0.137. The number of carbonyl (C=O) groups excluding carboxylic acids is 1. The van der Waals surface area contributed by atoms with Crippen LogP contribution in [0.15, 0.2) is 29.6 Å². The summed E-state index contributed by atoms with van der Waals surface area (Å²) >= 11 is 1.70. The smallest absolute Gasteiger partial charge is 0.226 e. The van der Waals surface area contributed by atoms with E-state index >= 15 is 0 Å². The molecule has 0 spiro atoms. The summed E-state index contributed by atoms with van der Waals surface area (Å²) in [4.78, 5) is 16.2. The maximum Gasteiger partial charge on any atom is 0.226 e. The van der Waals surface area contributed by atoms with E-state index in [1.54, 1.807) is 18.4 Å². The fourth-order valence-electron chi connectivity index (χ4n) is 4.02. The van der Waals surface area contributed by atoms with Gasteiger partial charge >= 0.3 is 0 Å². The van der Waals surface area contributed by atoms with Crippen molar-refractivity contribution in [3.05, 3.63) is 35.2 Å². The Kier molecular flexibility index (Phi) is 5.16. The molecule has 26 heavy (non-hydrogen) atoms. The summed E-state index contributed by atoms with van der Waals surface area (Å²) in [5, 5.41) is 2.07. The van der Waals surface area contributed by atoms with Gasteiger partial charge in [0.05, 0.1) is 13.7 Å². The minimum atomic E-state index is 0.188. The van der Waals surface area contributed by atoms with Crippen LogP contribution < -0.4 is 9.47 Å². The van der Waals surface area contributed by atoms with Gasteiger partial charge in [-0.2, -0.15) is 0 Å². The predicted molar refractivity (Wildman–Crippen MR) is 104 cm³/mol. The molecule has 138 valence electrons. The number of thiophene rings is 1. The number of carbonyl (C=O) groups is 1. The van der Waals surface area contributed by atoms with Crippen LogP contribution in [0.3, 0.4) is 0 Å². The van der Waals surface area contributed by atoms with Crippen molar-refractivity contribution in [2.24, 2.45) is 5.92 Å². The second-order valence-electron chi connectivity index (χ2n) is 7.09. The largest absolute Gasteiger partial charge is 0.493 e. The first-order valence-corrected chi connectivity index (χ1v) is 10.3. The number of benzene rings is 1. The molecule has 0 atom stereocenters. The van der Waals surface area contributed by atoms with Crippen LogP contribution in [0.4, 0.5) is 0 Å². The molecule has 4 nitrogen and oxygen atoms in total. The lowest BCUT2D eigenvalue weighted by Gasteiger charge is -2.28. The normalized spacial score (nSPS) is 18.0. The Morgan fingerprint density at radius 2 is 2.12 bits per heavy atom. The lowest BCUT2D eigenvalue weighted by Crippen LogP contribution is -2.37. The highest BCUT2D eigenvalue weighted by Crippen LogP contribution is 2.39. The van der Waals surface area contributed by atoms with E-state index in [4.69, 9.17) is 9.47 Å². The molecule has 1 aromatic heterocycles. The standard InChI is InChI=1S/C21H25NO3S/c1-24-18-13-16(19-8-5-11-26-19)12-17-14-22(9-10-25-20(17)18)21(23)15-6-3-2-4-7-15/h5,8,11-13,15H,2-4,6-7,9-10,14H2,1H3. The summed E-state index contributed by atoms with van der Waals surface area (Å²) in [7, 11) is 1.67. The van der Waals surface area contributed by atoms with Crippen molar-refractivity contribution in [3.8, 4) is 21.9 Å². The van der Waals surface area contributed by atoms with Crippen LogP contribution in [0.1, 0.15) is 37.7 Å². The van der Waals surface area contributed by atoms with Gasteiger partial charge in [0.25, 0.3) is 0 Å². The minimum Gasteiger partial charge on any atom is -0.493 e. The zero-order valence-corrected chi connectivity index (χ0v) is 16.0. The third kappa shape index (κ3) is 3.45.